The fourth-order valence-corrected chi connectivity index (χ4v) is 3.85. The van der Waals surface area contributed by atoms with Crippen molar-refractivity contribution in [3.63, 3.8) is 0 Å². The van der Waals surface area contributed by atoms with Gasteiger partial charge in [0.25, 0.3) is 0 Å². The highest BCUT2D eigenvalue weighted by Gasteiger charge is 2.37. The summed E-state index contributed by atoms with van der Waals surface area (Å²) >= 11 is 0. The number of nitrogens with zero attached hydrogens (tertiary/aromatic N) is 1. The molecule has 0 saturated carbocycles. The first kappa shape index (κ1) is 14.3. The van der Waals surface area contributed by atoms with Crippen LogP contribution in [0.1, 0.15) is 30.7 Å². The molecule has 1 saturated heterocycles. The lowest BCUT2D eigenvalue weighted by atomic mass is 9.78. The number of aliphatic hydroxyl groups excluding tert-OH is 1. The third kappa shape index (κ3) is 2.51. The lowest BCUT2D eigenvalue weighted by Gasteiger charge is -2.34. The Labute approximate surface area is 135 Å². The molecule has 5 heteroatoms. The first-order chi connectivity index (χ1) is 11.2. The van der Waals surface area contributed by atoms with Gasteiger partial charge in [-0.2, -0.15) is 0 Å². The van der Waals surface area contributed by atoms with E-state index in [0.29, 0.717) is 6.42 Å². The number of rotatable bonds is 2. The molecular formula is C18H21N3O2. The van der Waals surface area contributed by atoms with E-state index >= 15 is 0 Å². The molecule has 1 aromatic heterocycles. The van der Waals surface area contributed by atoms with E-state index < -0.39 is 6.23 Å². The maximum atomic E-state index is 12.3. The number of amides is 1. The van der Waals surface area contributed by atoms with E-state index in [-0.39, 0.29) is 17.7 Å². The SMILES string of the molecule is O=C1NC(O)CCC1C1CCNc2c1ccn2-c1ccccc1. The fraction of sp³-hybridized carbons (Fsp3) is 0.389. The molecule has 2 aromatic rings. The van der Waals surface area contributed by atoms with E-state index in [1.165, 1.54) is 5.56 Å². The number of para-hydroxylation sites is 1. The van der Waals surface area contributed by atoms with Crippen LogP contribution in [0.4, 0.5) is 5.82 Å². The molecule has 0 bridgehead atoms. The monoisotopic (exact) mass is 311 g/mol. The Bertz CT molecular complexity index is 710. The van der Waals surface area contributed by atoms with Gasteiger partial charge in [-0.15, -0.1) is 0 Å². The number of carbonyl (C=O) groups excluding carboxylic acids is 1. The first-order valence-corrected chi connectivity index (χ1v) is 8.23. The molecule has 1 amide bonds. The Morgan fingerprint density at radius 3 is 2.65 bits per heavy atom. The van der Waals surface area contributed by atoms with Crippen molar-refractivity contribution in [2.24, 2.45) is 5.92 Å². The van der Waals surface area contributed by atoms with Gasteiger partial charge in [-0.25, -0.2) is 0 Å². The largest absolute Gasteiger partial charge is 0.374 e. The van der Waals surface area contributed by atoms with Gasteiger partial charge in [0.15, 0.2) is 0 Å². The molecule has 120 valence electrons. The van der Waals surface area contributed by atoms with E-state index in [1.807, 2.05) is 18.2 Å². The lowest BCUT2D eigenvalue weighted by molar-refractivity contribution is -0.132. The van der Waals surface area contributed by atoms with Gasteiger partial charge in [0.1, 0.15) is 12.0 Å². The van der Waals surface area contributed by atoms with Crippen LogP contribution in [-0.2, 0) is 4.79 Å². The van der Waals surface area contributed by atoms with Crippen molar-refractivity contribution in [1.29, 1.82) is 0 Å². The minimum atomic E-state index is -0.686. The Hall–Kier alpha value is -2.27. The highest BCUT2D eigenvalue weighted by atomic mass is 16.3. The van der Waals surface area contributed by atoms with Crippen LogP contribution < -0.4 is 10.6 Å². The number of hydrogen-bond donors (Lipinski definition) is 3. The number of carbonyl (C=O) groups is 1. The second-order valence-electron chi connectivity index (χ2n) is 6.36. The minimum Gasteiger partial charge on any atom is -0.374 e. The van der Waals surface area contributed by atoms with Gasteiger partial charge >= 0.3 is 0 Å². The number of aromatic nitrogens is 1. The molecule has 0 radical (unpaired) electrons. The number of piperidine rings is 1. The summed E-state index contributed by atoms with van der Waals surface area (Å²) in [7, 11) is 0. The standard InChI is InChI=1S/C18H21N3O2/c22-16-7-6-15(18(23)20-16)13-8-10-19-17-14(13)9-11-21(17)12-4-2-1-3-5-12/h1-5,9,11,13,15-16,19,22H,6-8,10H2,(H,20,23). The third-order valence-corrected chi connectivity index (χ3v) is 4.98. The normalized spacial score (nSPS) is 27.0. The van der Waals surface area contributed by atoms with Gasteiger partial charge in [-0.3, -0.25) is 4.79 Å². The van der Waals surface area contributed by atoms with E-state index in [9.17, 15) is 9.90 Å². The van der Waals surface area contributed by atoms with Gasteiger partial charge in [-0.05, 0) is 43.0 Å². The molecule has 4 rings (SSSR count). The van der Waals surface area contributed by atoms with Crippen LogP contribution in [0.2, 0.25) is 0 Å². The second-order valence-corrected chi connectivity index (χ2v) is 6.36. The van der Waals surface area contributed by atoms with Crippen molar-refractivity contribution in [1.82, 2.24) is 9.88 Å². The number of anilines is 1. The summed E-state index contributed by atoms with van der Waals surface area (Å²) in [4.78, 5) is 12.3. The molecule has 2 aliphatic rings. The van der Waals surface area contributed by atoms with Crippen LogP contribution in [0.5, 0.6) is 0 Å². The number of aliphatic hydroxyl groups is 1. The third-order valence-electron chi connectivity index (χ3n) is 4.98. The summed E-state index contributed by atoms with van der Waals surface area (Å²) in [6.45, 7) is 0.862. The second kappa shape index (κ2) is 5.74. The van der Waals surface area contributed by atoms with Crippen LogP contribution in [0.3, 0.4) is 0 Å². The number of fused-ring (bicyclic) bond motifs is 1. The van der Waals surface area contributed by atoms with Crippen molar-refractivity contribution in [2.45, 2.75) is 31.4 Å². The Morgan fingerprint density at radius 2 is 1.87 bits per heavy atom. The maximum absolute atomic E-state index is 12.3. The summed E-state index contributed by atoms with van der Waals surface area (Å²) in [5, 5.41) is 15.8. The number of benzene rings is 1. The van der Waals surface area contributed by atoms with E-state index in [2.05, 4.69) is 39.6 Å². The molecular weight excluding hydrogens is 290 g/mol. The number of nitrogens with one attached hydrogen (secondary N) is 2. The zero-order chi connectivity index (χ0) is 15.8. The van der Waals surface area contributed by atoms with Crippen LogP contribution in [-0.4, -0.2) is 28.4 Å². The van der Waals surface area contributed by atoms with Gasteiger partial charge in [0.05, 0.1) is 0 Å². The topological polar surface area (TPSA) is 66.3 Å². The van der Waals surface area contributed by atoms with Crippen LogP contribution in [0.25, 0.3) is 5.69 Å². The lowest BCUT2D eigenvalue weighted by Crippen LogP contribution is -2.46. The quantitative estimate of drug-likeness (QED) is 0.797. The van der Waals surface area contributed by atoms with Gasteiger partial charge < -0.3 is 20.3 Å². The average molecular weight is 311 g/mol. The minimum absolute atomic E-state index is 0.0194. The molecule has 0 spiro atoms. The molecule has 3 heterocycles. The summed E-state index contributed by atoms with van der Waals surface area (Å²) in [6.07, 6.45) is 3.71. The molecule has 3 unspecified atom stereocenters. The Kier molecular flexibility index (Phi) is 3.58. The average Bonchev–Trinajstić information content (AvgIpc) is 3.00. The molecule has 23 heavy (non-hydrogen) atoms. The Morgan fingerprint density at radius 1 is 1.04 bits per heavy atom. The molecule has 1 fully saturated rings. The zero-order valence-corrected chi connectivity index (χ0v) is 12.9. The van der Waals surface area contributed by atoms with E-state index in [0.717, 1.165) is 30.9 Å². The van der Waals surface area contributed by atoms with Gasteiger partial charge in [-0.1, -0.05) is 18.2 Å². The maximum Gasteiger partial charge on any atom is 0.225 e. The highest BCUT2D eigenvalue weighted by Crippen LogP contribution is 2.41. The van der Waals surface area contributed by atoms with Crippen LogP contribution >= 0.6 is 0 Å². The van der Waals surface area contributed by atoms with Crippen LogP contribution in [0, 0.1) is 5.92 Å². The number of hydrogen-bond acceptors (Lipinski definition) is 3. The predicted molar refractivity (Wildman–Crippen MR) is 88.5 cm³/mol. The summed E-state index contributed by atoms with van der Waals surface area (Å²) < 4.78 is 2.15. The molecule has 5 nitrogen and oxygen atoms in total. The smallest absolute Gasteiger partial charge is 0.225 e. The van der Waals surface area contributed by atoms with Crippen molar-refractivity contribution in [3.8, 4) is 5.69 Å². The Balaban J connectivity index is 1.67. The molecule has 1 aromatic carbocycles. The molecule has 0 aliphatic carbocycles. The van der Waals surface area contributed by atoms with Crippen molar-refractivity contribution in [3.05, 3.63) is 48.2 Å². The highest BCUT2D eigenvalue weighted by molar-refractivity contribution is 5.81. The van der Waals surface area contributed by atoms with Crippen molar-refractivity contribution < 1.29 is 9.90 Å². The fourth-order valence-electron chi connectivity index (χ4n) is 3.85. The van der Waals surface area contributed by atoms with E-state index in [4.69, 9.17) is 0 Å². The predicted octanol–water partition coefficient (Wildman–Crippen LogP) is 2.22. The van der Waals surface area contributed by atoms with E-state index in [1.54, 1.807) is 0 Å². The van der Waals surface area contributed by atoms with Gasteiger partial charge in [0, 0.05) is 30.3 Å². The first-order valence-electron chi connectivity index (χ1n) is 8.23. The molecule has 2 aliphatic heterocycles. The summed E-state index contributed by atoms with van der Waals surface area (Å²) in [5.41, 5.74) is 2.32. The summed E-state index contributed by atoms with van der Waals surface area (Å²) in [6, 6.07) is 12.3. The molecule has 3 atom stereocenters. The van der Waals surface area contributed by atoms with Crippen molar-refractivity contribution in [2.75, 3.05) is 11.9 Å². The van der Waals surface area contributed by atoms with Gasteiger partial charge in [0.2, 0.25) is 5.91 Å². The summed E-state index contributed by atoms with van der Waals surface area (Å²) in [5.74, 6) is 1.23. The molecule has 3 N–H and O–H groups in total. The van der Waals surface area contributed by atoms with Crippen LogP contribution in [0.15, 0.2) is 42.6 Å². The zero-order valence-electron chi connectivity index (χ0n) is 12.9. The van der Waals surface area contributed by atoms with Crippen molar-refractivity contribution >= 4 is 11.7 Å².